The van der Waals surface area contributed by atoms with Crippen LogP contribution in [0.3, 0.4) is 0 Å². The van der Waals surface area contributed by atoms with Gasteiger partial charge in [-0.25, -0.2) is 4.68 Å². The fourth-order valence-corrected chi connectivity index (χ4v) is 1.55. The molecule has 0 saturated heterocycles. The largest absolute Gasteiger partial charge is 0.315 e. The summed E-state index contributed by atoms with van der Waals surface area (Å²) in [7, 11) is 1.92. The maximum atomic E-state index is 11.5. The minimum Gasteiger partial charge on any atom is -0.315 e. The van der Waals surface area contributed by atoms with E-state index >= 15 is 0 Å². The van der Waals surface area contributed by atoms with E-state index in [-0.39, 0.29) is 5.56 Å². The Balaban J connectivity index is 2.75. The molecule has 0 bridgehead atoms. The molecule has 0 fully saturated rings. The zero-order chi connectivity index (χ0) is 11.3. The van der Waals surface area contributed by atoms with Crippen LogP contribution in [0.4, 0.5) is 0 Å². The number of nitrogens with one attached hydrogen (secondary N) is 1. The predicted octanol–water partition coefficient (Wildman–Crippen LogP) is 0.877. The van der Waals surface area contributed by atoms with Gasteiger partial charge in [0.05, 0.1) is 6.54 Å². The summed E-state index contributed by atoms with van der Waals surface area (Å²) in [6.45, 7) is 4.95. The number of hydrogen-bond donors (Lipinski definition) is 1. The number of nitrogens with zero attached hydrogens (tertiary/aromatic N) is 2. The molecule has 84 valence electrons. The molecule has 2 unspecified atom stereocenters. The fourth-order valence-electron chi connectivity index (χ4n) is 1.55. The molecular formula is C11H19N3O. The molecular weight excluding hydrogens is 190 g/mol. The van der Waals surface area contributed by atoms with Crippen molar-refractivity contribution in [3.8, 4) is 0 Å². The average molecular weight is 209 g/mol. The van der Waals surface area contributed by atoms with Crippen LogP contribution in [0.15, 0.2) is 23.1 Å². The first kappa shape index (κ1) is 11.9. The first-order chi connectivity index (χ1) is 7.19. The van der Waals surface area contributed by atoms with Crippen LogP contribution in [-0.4, -0.2) is 22.9 Å². The van der Waals surface area contributed by atoms with Gasteiger partial charge >= 0.3 is 0 Å². The van der Waals surface area contributed by atoms with Gasteiger partial charge in [-0.1, -0.05) is 20.3 Å². The van der Waals surface area contributed by atoms with E-state index in [0.29, 0.717) is 18.5 Å². The standard InChI is InChI=1S/C11H19N3O/c1-4-9(2)10(12-3)8-14-11(15)6-5-7-13-14/h5-7,9-10,12H,4,8H2,1-3H3. The van der Waals surface area contributed by atoms with E-state index in [1.165, 1.54) is 10.7 Å². The molecule has 1 aromatic rings. The lowest BCUT2D eigenvalue weighted by atomic mass is 9.99. The van der Waals surface area contributed by atoms with Crippen molar-refractivity contribution in [3.63, 3.8) is 0 Å². The zero-order valence-electron chi connectivity index (χ0n) is 9.60. The summed E-state index contributed by atoms with van der Waals surface area (Å²) in [5, 5.41) is 7.28. The Morgan fingerprint density at radius 3 is 2.87 bits per heavy atom. The molecule has 0 amide bonds. The summed E-state index contributed by atoms with van der Waals surface area (Å²) in [6.07, 6.45) is 2.73. The van der Waals surface area contributed by atoms with E-state index in [1.54, 1.807) is 12.3 Å². The summed E-state index contributed by atoms with van der Waals surface area (Å²) in [6, 6.07) is 3.50. The molecule has 0 spiro atoms. The summed E-state index contributed by atoms with van der Waals surface area (Å²) < 4.78 is 1.51. The molecule has 1 rings (SSSR count). The highest BCUT2D eigenvalue weighted by atomic mass is 16.1. The second-order valence-corrected chi connectivity index (χ2v) is 3.82. The fraction of sp³-hybridized carbons (Fsp3) is 0.636. The molecule has 1 heterocycles. The van der Waals surface area contributed by atoms with Gasteiger partial charge in [-0.05, 0) is 19.0 Å². The zero-order valence-corrected chi connectivity index (χ0v) is 9.60. The number of likely N-dealkylation sites (N-methyl/N-ethyl adjacent to an activating group) is 1. The van der Waals surface area contributed by atoms with Gasteiger partial charge in [0.25, 0.3) is 5.56 Å². The lowest BCUT2D eigenvalue weighted by Gasteiger charge is -2.22. The van der Waals surface area contributed by atoms with Gasteiger partial charge in [0.1, 0.15) is 0 Å². The van der Waals surface area contributed by atoms with Crippen molar-refractivity contribution in [1.82, 2.24) is 15.1 Å². The Bertz CT molecular complexity index is 348. The second kappa shape index (κ2) is 5.66. The summed E-state index contributed by atoms with van der Waals surface area (Å²) in [5.41, 5.74) is -0.0407. The van der Waals surface area contributed by atoms with Crippen LogP contribution in [0.25, 0.3) is 0 Å². The highest BCUT2D eigenvalue weighted by Gasteiger charge is 2.14. The van der Waals surface area contributed by atoms with Crippen LogP contribution in [0.5, 0.6) is 0 Å². The third kappa shape index (κ3) is 3.16. The van der Waals surface area contributed by atoms with Crippen LogP contribution in [0.1, 0.15) is 20.3 Å². The van der Waals surface area contributed by atoms with E-state index in [4.69, 9.17) is 0 Å². The van der Waals surface area contributed by atoms with Crippen molar-refractivity contribution in [2.45, 2.75) is 32.9 Å². The minimum absolute atomic E-state index is 0.0407. The Hall–Kier alpha value is -1.16. The molecule has 1 N–H and O–H groups in total. The third-order valence-corrected chi connectivity index (χ3v) is 2.86. The molecule has 0 aliphatic rings. The Kier molecular flexibility index (Phi) is 4.49. The maximum absolute atomic E-state index is 11.5. The maximum Gasteiger partial charge on any atom is 0.266 e. The lowest BCUT2D eigenvalue weighted by molar-refractivity contribution is 0.330. The quantitative estimate of drug-likeness (QED) is 0.783. The van der Waals surface area contributed by atoms with Crippen LogP contribution in [0, 0.1) is 5.92 Å². The number of aromatic nitrogens is 2. The van der Waals surface area contributed by atoms with Crippen molar-refractivity contribution >= 4 is 0 Å². The summed E-state index contributed by atoms with van der Waals surface area (Å²) in [5.74, 6) is 0.531. The number of hydrogen-bond acceptors (Lipinski definition) is 3. The van der Waals surface area contributed by atoms with Gasteiger partial charge in [0.15, 0.2) is 0 Å². The van der Waals surface area contributed by atoms with E-state index in [2.05, 4.69) is 24.3 Å². The molecule has 4 heteroatoms. The van der Waals surface area contributed by atoms with Crippen LogP contribution in [-0.2, 0) is 6.54 Å². The molecule has 1 aromatic heterocycles. The SMILES string of the molecule is CCC(C)C(Cn1ncccc1=O)NC. The first-order valence-electron chi connectivity index (χ1n) is 5.38. The van der Waals surface area contributed by atoms with Gasteiger partial charge in [0.2, 0.25) is 0 Å². The van der Waals surface area contributed by atoms with Gasteiger partial charge in [-0.3, -0.25) is 4.79 Å². The molecule has 0 aromatic carbocycles. The van der Waals surface area contributed by atoms with E-state index < -0.39 is 0 Å². The summed E-state index contributed by atoms with van der Waals surface area (Å²) in [4.78, 5) is 11.5. The Labute approximate surface area is 90.3 Å². The topological polar surface area (TPSA) is 46.9 Å². The van der Waals surface area contributed by atoms with Crippen molar-refractivity contribution in [2.75, 3.05) is 7.05 Å². The minimum atomic E-state index is -0.0407. The molecule has 0 radical (unpaired) electrons. The molecule has 15 heavy (non-hydrogen) atoms. The Morgan fingerprint density at radius 1 is 1.60 bits per heavy atom. The Morgan fingerprint density at radius 2 is 2.33 bits per heavy atom. The molecule has 2 atom stereocenters. The normalized spacial score (nSPS) is 14.9. The van der Waals surface area contributed by atoms with E-state index in [0.717, 1.165) is 6.42 Å². The number of rotatable bonds is 5. The molecule has 4 nitrogen and oxygen atoms in total. The van der Waals surface area contributed by atoms with Gasteiger partial charge in [-0.15, -0.1) is 0 Å². The van der Waals surface area contributed by atoms with Gasteiger partial charge in [-0.2, -0.15) is 5.10 Å². The summed E-state index contributed by atoms with van der Waals surface area (Å²) >= 11 is 0. The smallest absolute Gasteiger partial charge is 0.266 e. The highest BCUT2D eigenvalue weighted by Crippen LogP contribution is 2.07. The van der Waals surface area contributed by atoms with Crippen LogP contribution in [0.2, 0.25) is 0 Å². The second-order valence-electron chi connectivity index (χ2n) is 3.82. The molecule has 0 saturated carbocycles. The molecule has 0 aliphatic heterocycles. The third-order valence-electron chi connectivity index (χ3n) is 2.86. The van der Waals surface area contributed by atoms with Crippen LogP contribution < -0.4 is 10.9 Å². The predicted molar refractivity (Wildman–Crippen MR) is 60.8 cm³/mol. The van der Waals surface area contributed by atoms with E-state index in [1.807, 2.05) is 7.05 Å². The van der Waals surface area contributed by atoms with Crippen molar-refractivity contribution in [3.05, 3.63) is 28.7 Å². The monoisotopic (exact) mass is 209 g/mol. The van der Waals surface area contributed by atoms with Crippen molar-refractivity contribution in [1.29, 1.82) is 0 Å². The first-order valence-corrected chi connectivity index (χ1v) is 5.38. The van der Waals surface area contributed by atoms with E-state index in [9.17, 15) is 4.79 Å². The average Bonchev–Trinajstić information content (AvgIpc) is 2.27. The van der Waals surface area contributed by atoms with Gasteiger partial charge in [0, 0.05) is 18.3 Å². The molecule has 0 aliphatic carbocycles. The highest BCUT2D eigenvalue weighted by molar-refractivity contribution is 4.86. The van der Waals surface area contributed by atoms with Crippen molar-refractivity contribution in [2.24, 2.45) is 5.92 Å². The van der Waals surface area contributed by atoms with Crippen molar-refractivity contribution < 1.29 is 0 Å². The van der Waals surface area contributed by atoms with Crippen LogP contribution >= 0.6 is 0 Å². The van der Waals surface area contributed by atoms with Gasteiger partial charge < -0.3 is 5.32 Å². The lowest BCUT2D eigenvalue weighted by Crippen LogP contribution is -2.39.